The van der Waals surface area contributed by atoms with Gasteiger partial charge in [0.05, 0.1) is 18.8 Å². The van der Waals surface area contributed by atoms with Crippen LogP contribution in [-0.4, -0.2) is 19.8 Å². The molecule has 2 N–H and O–H groups in total. The molecule has 92 valence electrons. The number of para-hydroxylation sites is 1. The van der Waals surface area contributed by atoms with Crippen LogP contribution in [0, 0.1) is 0 Å². The van der Waals surface area contributed by atoms with E-state index >= 15 is 0 Å². The Hall–Kier alpha value is -1.06. The van der Waals surface area contributed by atoms with Gasteiger partial charge >= 0.3 is 0 Å². The summed E-state index contributed by atoms with van der Waals surface area (Å²) in [4.78, 5) is 0. The van der Waals surface area contributed by atoms with E-state index < -0.39 is 0 Å². The van der Waals surface area contributed by atoms with Crippen LogP contribution in [0.15, 0.2) is 18.2 Å². The van der Waals surface area contributed by atoms with Gasteiger partial charge in [-0.05, 0) is 31.2 Å². The third-order valence-corrected chi connectivity index (χ3v) is 3.74. The van der Waals surface area contributed by atoms with Gasteiger partial charge in [-0.2, -0.15) is 0 Å². The molecule has 1 atom stereocenters. The molecule has 0 aliphatic carbocycles. The van der Waals surface area contributed by atoms with Crippen molar-refractivity contribution < 1.29 is 9.47 Å². The van der Waals surface area contributed by atoms with Gasteiger partial charge in [-0.3, -0.25) is 0 Å². The van der Waals surface area contributed by atoms with E-state index in [1.165, 1.54) is 5.56 Å². The molecule has 0 bridgehead atoms. The number of hydrogen-bond donors (Lipinski definition) is 1. The largest absolute Gasteiger partial charge is 0.493 e. The summed E-state index contributed by atoms with van der Waals surface area (Å²) in [6, 6.07) is 6.33. The Balaban J connectivity index is 2.01. The molecule has 0 radical (unpaired) electrons. The third kappa shape index (κ3) is 1.94. The van der Waals surface area contributed by atoms with Crippen LogP contribution in [0.1, 0.15) is 30.4 Å². The van der Waals surface area contributed by atoms with Gasteiger partial charge in [-0.1, -0.05) is 18.2 Å². The fourth-order valence-electron chi connectivity index (χ4n) is 2.81. The summed E-state index contributed by atoms with van der Waals surface area (Å²) in [5, 5.41) is 0. The first-order chi connectivity index (χ1) is 8.30. The van der Waals surface area contributed by atoms with E-state index in [4.69, 9.17) is 15.2 Å². The molecule has 2 heterocycles. The molecule has 1 unspecified atom stereocenters. The zero-order valence-corrected chi connectivity index (χ0v) is 10.1. The van der Waals surface area contributed by atoms with Crippen molar-refractivity contribution in [1.29, 1.82) is 0 Å². The maximum absolute atomic E-state index is 6.50. The summed E-state index contributed by atoms with van der Waals surface area (Å²) in [6.45, 7) is 2.24. The van der Waals surface area contributed by atoms with Crippen LogP contribution in [-0.2, 0) is 16.7 Å². The molecule has 3 heteroatoms. The highest BCUT2D eigenvalue weighted by atomic mass is 16.5. The second-order valence-electron chi connectivity index (χ2n) is 5.06. The van der Waals surface area contributed by atoms with Gasteiger partial charge in [0.15, 0.2) is 0 Å². The molecule has 0 spiro atoms. The predicted octanol–water partition coefficient (Wildman–Crippen LogP) is 1.98. The second-order valence-corrected chi connectivity index (χ2v) is 5.06. The van der Waals surface area contributed by atoms with Crippen molar-refractivity contribution in [3.63, 3.8) is 0 Å². The van der Waals surface area contributed by atoms with E-state index in [0.29, 0.717) is 6.61 Å². The summed E-state index contributed by atoms with van der Waals surface area (Å²) in [7, 11) is 0. The van der Waals surface area contributed by atoms with E-state index in [2.05, 4.69) is 18.2 Å². The van der Waals surface area contributed by atoms with Crippen LogP contribution < -0.4 is 10.5 Å². The molecule has 0 amide bonds. The molecule has 3 rings (SSSR count). The van der Waals surface area contributed by atoms with Crippen molar-refractivity contribution in [2.45, 2.75) is 31.2 Å². The highest BCUT2D eigenvalue weighted by Crippen LogP contribution is 2.38. The second kappa shape index (κ2) is 4.31. The zero-order valence-electron chi connectivity index (χ0n) is 10.1. The lowest BCUT2D eigenvalue weighted by atomic mass is 9.83. The highest BCUT2D eigenvalue weighted by Gasteiger charge is 2.34. The van der Waals surface area contributed by atoms with Crippen LogP contribution in [0.3, 0.4) is 0 Å². The Bertz CT molecular complexity index is 411. The van der Waals surface area contributed by atoms with Crippen LogP contribution in [0.2, 0.25) is 0 Å². The minimum Gasteiger partial charge on any atom is -0.493 e. The first-order valence-corrected chi connectivity index (χ1v) is 6.41. The number of nitrogens with two attached hydrogens (primary N) is 1. The topological polar surface area (TPSA) is 44.5 Å². The maximum Gasteiger partial charge on any atom is 0.127 e. The number of rotatable bonds is 1. The van der Waals surface area contributed by atoms with E-state index in [1.807, 2.05) is 0 Å². The highest BCUT2D eigenvalue weighted by molar-refractivity contribution is 5.46. The molecule has 1 aromatic carbocycles. The average molecular weight is 233 g/mol. The standard InChI is InChI=1S/C14H19NO2/c15-14(7-3-8-16-10-14)12-6-1-4-11-5-2-9-17-13(11)12/h1,4,6H,2-3,5,7-10,15H2. The average Bonchev–Trinajstić information content (AvgIpc) is 2.39. The predicted molar refractivity (Wildman–Crippen MR) is 66.2 cm³/mol. The third-order valence-electron chi connectivity index (χ3n) is 3.74. The van der Waals surface area contributed by atoms with Crippen LogP contribution in [0.25, 0.3) is 0 Å². The summed E-state index contributed by atoms with van der Waals surface area (Å²) in [5.74, 6) is 1.02. The van der Waals surface area contributed by atoms with E-state index in [9.17, 15) is 0 Å². The molecule has 0 saturated carbocycles. The zero-order chi connectivity index (χ0) is 11.7. The lowest BCUT2D eigenvalue weighted by Gasteiger charge is -2.36. The number of aryl methyl sites for hydroxylation is 1. The molecule has 1 saturated heterocycles. The van der Waals surface area contributed by atoms with Crippen molar-refractivity contribution in [3.8, 4) is 5.75 Å². The Morgan fingerprint density at radius 2 is 2.12 bits per heavy atom. The summed E-state index contributed by atoms with van der Waals surface area (Å²) in [5.41, 5.74) is 8.57. The molecule has 2 aliphatic rings. The fourth-order valence-corrected chi connectivity index (χ4v) is 2.81. The summed E-state index contributed by atoms with van der Waals surface area (Å²) in [6.07, 6.45) is 4.21. The first kappa shape index (κ1) is 11.1. The number of benzene rings is 1. The van der Waals surface area contributed by atoms with Gasteiger partial charge in [-0.15, -0.1) is 0 Å². The lowest BCUT2D eigenvalue weighted by molar-refractivity contribution is 0.0352. The van der Waals surface area contributed by atoms with Crippen LogP contribution in [0.5, 0.6) is 5.75 Å². The molecule has 1 aromatic rings. The number of ether oxygens (including phenoxy) is 2. The minimum atomic E-state index is -0.360. The monoisotopic (exact) mass is 233 g/mol. The van der Waals surface area contributed by atoms with Crippen molar-refractivity contribution in [3.05, 3.63) is 29.3 Å². The molecule has 1 fully saturated rings. The Labute approximate surface area is 102 Å². The van der Waals surface area contributed by atoms with E-state index in [0.717, 1.165) is 50.2 Å². The number of hydrogen-bond acceptors (Lipinski definition) is 3. The normalized spacial score (nSPS) is 28.3. The van der Waals surface area contributed by atoms with Crippen LogP contribution >= 0.6 is 0 Å². The molecule has 3 nitrogen and oxygen atoms in total. The van der Waals surface area contributed by atoms with Gasteiger partial charge in [0.2, 0.25) is 0 Å². The van der Waals surface area contributed by atoms with Crippen molar-refractivity contribution in [2.24, 2.45) is 5.73 Å². The maximum atomic E-state index is 6.50. The molecule has 2 aliphatic heterocycles. The Morgan fingerprint density at radius 3 is 2.94 bits per heavy atom. The SMILES string of the molecule is NC1(c2cccc3c2OCCC3)CCCOC1. The van der Waals surface area contributed by atoms with E-state index in [-0.39, 0.29) is 5.54 Å². The van der Waals surface area contributed by atoms with Gasteiger partial charge < -0.3 is 15.2 Å². The van der Waals surface area contributed by atoms with Gasteiger partial charge in [-0.25, -0.2) is 0 Å². The van der Waals surface area contributed by atoms with Gasteiger partial charge in [0, 0.05) is 12.2 Å². The molecule has 0 aromatic heterocycles. The Morgan fingerprint density at radius 1 is 1.18 bits per heavy atom. The lowest BCUT2D eigenvalue weighted by Crippen LogP contribution is -2.45. The molecular weight excluding hydrogens is 214 g/mol. The first-order valence-electron chi connectivity index (χ1n) is 6.41. The van der Waals surface area contributed by atoms with Crippen LogP contribution in [0.4, 0.5) is 0 Å². The molecular formula is C14H19NO2. The van der Waals surface area contributed by atoms with Gasteiger partial charge in [0.25, 0.3) is 0 Å². The summed E-state index contributed by atoms with van der Waals surface area (Å²) < 4.78 is 11.4. The van der Waals surface area contributed by atoms with E-state index in [1.54, 1.807) is 0 Å². The summed E-state index contributed by atoms with van der Waals surface area (Å²) >= 11 is 0. The Kier molecular flexibility index (Phi) is 2.81. The fraction of sp³-hybridized carbons (Fsp3) is 0.571. The van der Waals surface area contributed by atoms with Crippen molar-refractivity contribution in [2.75, 3.05) is 19.8 Å². The number of fused-ring (bicyclic) bond motifs is 1. The molecule has 17 heavy (non-hydrogen) atoms. The minimum absolute atomic E-state index is 0.360. The smallest absolute Gasteiger partial charge is 0.127 e. The van der Waals surface area contributed by atoms with Crippen molar-refractivity contribution in [1.82, 2.24) is 0 Å². The van der Waals surface area contributed by atoms with Crippen molar-refractivity contribution >= 4 is 0 Å². The van der Waals surface area contributed by atoms with Gasteiger partial charge in [0.1, 0.15) is 5.75 Å². The quantitative estimate of drug-likeness (QED) is 0.806.